The fourth-order valence-corrected chi connectivity index (χ4v) is 5.17. The third kappa shape index (κ3) is 3.68. The van der Waals surface area contributed by atoms with E-state index in [1.54, 1.807) is 17.7 Å². The summed E-state index contributed by atoms with van der Waals surface area (Å²) in [6, 6.07) is 14.6. The molecular formula is C23H16N4O5S2. The van der Waals surface area contributed by atoms with Gasteiger partial charge in [0.15, 0.2) is 16.7 Å². The molecule has 2 aromatic carbocycles. The number of rotatable bonds is 6. The summed E-state index contributed by atoms with van der Waals surface area (Å²) in [5.41, 5.74) is 1.95. The topological polar surface area (TPSA) is 102 Å². The SMILES string of the molecule is COc1cccc(-n2c(SCc3nc(-c4ccc5c(c4)OCO5)no3)nc3ccsc3c2=O)c1. The first-order chi connectivity index (χ1) is 16.7. The number of benzene rings is 2. The van der Waals surface area contributed by atoms with Crippen molar-refractivity contribution >= 4 is 33.3 Å². The quantitative estimate of drug-likeness (QED) is 0.250. The molecule has 0 radical (unpaired) electrons. The number of thioether (sulfide) groups is 1. The average molecular weight is 493 g/mol. The van der Waals surface area contributed by atoms with Crippen molar-refractivity contribution in [1.82, 2.24) is 19.7 Å². The molecule has 9 nitrogen and oxygen atoms in total. The van der Waals surface area contributed by atoms with Crippen molar-refractivity contribution in [3.8, 4) is 34.3 Å². The Morgan fingerprint density at radius 1 is 1.12 bits per heavy atom. The zero-order valence-electron chi connectivity index (χ0n) is 17.8. The van der Waals surface area contributed by atoms with Crippen LogP contribution in [0.25, 0.3) is 27.3 Å². The summed E-state index contributed by atoms with van der Waals surface area (Å²) in [4.78, 5) is 22.5. The third-order valence-corrected chi connectivity index (χ3v) is 7.00. The Morgan fingerprint density at radius 3 is 2.94 bits per heavy atom. The second-order valence-electron chi connectivity index (χ2n) is 7.24. The standard InChI is InChI=1S/C23H16N4O5S2/c1-29-15-4-2-3-14(10-15)27-22(28)20-16(7-8-33-20)24-23(27)34-11-19-25-21(26-32-19)13-5-6-17-18(9-13)31-12-30-17/h2-10H,11-12H2,1H3. The zero-order chi connectivity index (χ0) is 23.1. The maximum atomic E-state index is 13.3. The highest BCUT2D eigenvalue weighted by Crippen LogP contribution is 2.35. The van der Waals surface area contributed by atoms with Crippen molar-refractivity contribution in [2.24, 2.45) is 0 Å². The highest BCUT2D eigenvalue weighted by molar-refractivity contribution is 7.98. The van der Waals surface area contributed by atoms with Crippen molar-refractivity contribution in [3.63, 3.8) is 0 Å². The molecule has 0 bridgehead atoms. The lowest BCUT2D eigenvalue weighted by atomic mass is 10.2. The Bertz CT molecular complexity index is 1580. The van der Waals surface area contributed by atoms with Gasteiger partial charge in [0.1, 0.15) is 10.4 Å². The van der Waals surface area contributed by atoms with Crippen LogP contribution in [0.4, 0.5) is 0 Å². The first kappa shape index (κ1) is 20.8. The molecule has 11 heteroatoms. The van der Waals surface area contributed by atoms with E-state index in [-0.39, 0.29) is 12.4 Å². The van der Waals surface area contributed by atoms with Crippen LogP contribution in [-0.2, 0) is 5.75 Å². The number of fused-ring (bicyclic) bond motifs is 2. The van der Waals surface area contributed by atoms with Crippen molar-refractivity contribution in [3.05, 3.63) is 70.2 Å². The van der Waals surface area contributed by atoms with Crippen molar-refractivity contribution in [2.75, 3.05) is 13.9 Å². The maximum Gasteiger partial charge on any atom is 0.276 e. The first-order valence-corrected chi connectivity index (χ1v) is 12.1. The normalized spacial score (nSPS) is 12.4. The molecule has 3 aromatic heterocycles. The van der Waals surface area contributed by atoms with Crippen LogP contribution in [0.1, 0.15) is 5.89 Å². The van der Waals surface area contributed by atoms with Crippen LogP contribution in [0.5, 0.6) is 17.2 Å². The minimum atomic E-state index is -0.137. The molecule has 0 unspecified atom stereocenters. The van der Waals surface area contributed by atoms with E-state index in [0.29, 0.717) is 55.8 Å². The lowest BCUT2D eigenvalue weighted by molar-refractivity contribution is 0.174. The van der Waals surface area contributed by atoms with Crippen LogP contribution < -0.4 is 19.8 Å². The van der Waals surface area contributed by atoms with Gasteiger partial charge in [-0.25, -0.2) is 4.98 Å². The molecule has 1 aliphatic rings. The minimum absolute atomic E-state index is 0.137. The molecule has 0 aliphatic carbocycles. The van der Waals surface area contributed by atoms with Gasteiger partial charge in [0.05, 0.1) is 24.1 Å². The lowest BCUT2D eigenvalue weighted by Crippen LogP contribution is -2.20. The van der Waals surface area contributed by atoms with E-state index in [0.717, 1.165) is 5.56 Å². The maximum absolute atomic E-state index is 13.3. The predicted octanol–water partition coefficient (Wildman–Crippen LogP) is 4.53. The van der Waals surface area contributed by atoms with Crippen LogP contribution in [-0.4, -0.2) is 33.6 Å². The second kappa shape index (κ2) is 8.50. The predicted molar refractivity (Wildman–Crippen MR) is 127 cm³/mol. The number of aromatic nitrogens is 4. The molecule has 0 atom stereocenters. The fourth-order valence-electron chi connectivity index (χ4n) is 3.56. The number of nitrogens with zero attached hydrogens (tertiary/aromatic N) is 4. The second-order valence-corrected chi connectivity index (χ2v) is 9.10. The molecule has 170 valence electrons. The van der Waals surface area contributed by atoms with Gasteiger partial charge in [-0.05, 0) is 41.8 Å². The Hall–Kier alpha value is -3.83. The van der Waals surface area contributed by atoms with E-state index in [1.165, 1.54) is 23.1 Å². The van der Waals surface area contributed by atoms with E-state index in [1.807, 2.05) is 47.8 Å². The van der Waals surface area contributed by atoms with Gasteiger partial charge in [-0.15, -0.1) is 11.3 Å². The van der Waals surface area contributed by atoms with E-state index >= 15 is 0 Å². The largest absolute Gasteiger partial charge is 0.497 e. The Labute approximate surface area is 200 Å². The van der Waals surface area contributed by atoms with E-state index < -0.39 is 0 Å². The van der Waals surface area contributed by atoms with Gasteiger partial charge in [-0.3, -0.25) is 9.36 Å². The fraction of sp³-hybridized carbons (Fsp3) is 0.130. The number of thiophene rings is 1. The molecule has 0 amide bonds. The number of hydrogen-bond acceptors (Lipinski definition) is 10. The molecule has 5 aromatic rings. The molecule has 4 heterocycles. The van der Waals surface area contributed by atoms with Crippen LogP contribution in [0, 0.1) is 0 Å². The van der Waals surface area contributed by atoms with Gasteiger partial charge < -0.3 is 18.7 Å². The average Bonchev–Trinajstić information content (AvgIpc) is 3.63. The zero-order valence-corrected chi connectivity index (χ0v) is 19.4. The van der Waals surface area contributed by atoms with Crippen LogP contribution in [0.2, 0.25) is 0 Å². The van der Waals surface area contributed by atoms with Crippen molar-refractivity contribution in [2.45, 2.75) is 10.9 Å². The first-order valence-electron chi connectivity index (χ1n) is 10.2. The van der Waals surface area contributed by atoms with Crippen LogP contribution in [0.3, 0.4) is 0 Å². The van der Waals surface area contributed by atoms with Crippen molar-refractivity contribution in [1.29, 1.82) is 0 Å². The molecule has 6 rings (SSSR count). The van der Waals surface area contributed by atoms with Gasteiger partial charge in [0.25, 0.3) is 5.56 Å². The Kier molecular flexibility index (Phi) is 5.19. The van der Waals surface area contributed by atoms with Crippen LogP contribution >= 0.6 is 23.1 Å². The summed E-state index contributed by atoms with van der Waals surface area (Å²) in [6.07, 6.45) is 0. The highest BCUT2D eigenvalue weighted by Gasteiger charge is 2.19. The van der Waals surface area contributed by atoms with Gasteiger partial charge in [0.2, 0.25) is 18.5 Å². The van der Waals surface area contributed by atoms with Gasteiger partial charge in [-0.2, -0.15) is 4.98 Å². The molecule has 0 saturated carbocycles. The molecule has 0 N–H and O–H groups in total. The monoisotopic (exact) mass is 492 g/mol. The molecule has 1 aliphatic heterocycles. The van der Waals surface area contributed by atoms with Crippen molar-refractivity contribution < 1.29 is 18.7 Å². The lowest BCUT2D eigenvalue weighted by Gasteiger charge is -2.12. The molecule has 0 fully saturated rings. The summed E-state index contributed by atoms with van der Waals surface area (Å²) >= 11 is 2.71. The van der Waals surface area contributed by atoms with E-state index in [9.17, 15) is 4.79 Å². The summed E-state index contributed by atoms with van der Waals surface area (Å²) < 4.78 is 23.7. The molecule has 0 saturated heterocycles. The molecule has 0 spiro atoms. The number of ether oxygens (including phenoxy) is 3. The Balaban J connectivity index is 1.32. The van der Waals surface area contributed by atoms with Gasteiger partial charge >= 0.3 is 0 Å². The summed E-state index contributed by atoms with van der Waals surface area (Å²) in [5, 5.41) is 6.47. The smallest absolute Gasteiger partial charge is 0.276 e. The Morgan fingerprint density at radius 2 is 2.03 bits per heavy atom. The van der Waals surface area contributed by atoms with E-state index in [2.05, 4.69) is 10.1 Å². The molecular weight excluding hydrogens is 476 g/mol. The van der Waals surface area contributed by atoms with Gasteiger partial charge in [0, 0.05) is 11.6 Å². The summed E-state index contributed by atoms with van der Waals surface area (Å²) in [5.74, 6) is 3.18. The highest BCUT2D eigenvalue weighted by atomic mass is 32.2. The minimum Gasteiger partial charge on any atom is -0.497 e. The summed E-state index contributed by atoms with van der Waals surface area (Å²) in [7, 11) is 1.59. The van der Waals surface area contributed by atoms with Crippen LogP contribution in [0.15, 0.2) is 68.4 Å². The van der Waals surface area contributed by atoms with Gasteiger partial charge in [-0.1, -0.05) is 23.0 Å². The number of hydrogen-bond donors (Lipinski definition) is 0. The third-order valence-electron chi connectivity index (χ3n) is 5.18. The van der Waals surface area contributed by atoms with E-state index in [4.69, 9.17) is 23.7 Å². The number of methoxy groups -OCH3 is 1. The molecule has 34 heavy (non-hydrogen) atoms. The summed E-state index contributed by atoms with van der Waals surface area (Å²) in [6.45, 7) is 0.198.